The molecule has 0 aromatic rings. The highest BCUT2D eigenvalue weighted by molar-refractivity contribution is 5.27. The highest BCUT2D eigenvalue weighted by atomic mass is 15.1. The molecule has 1 aliphatic carbocycles. The van der Waals surface area contributed by atoms with Crippen molar-refractivity contribution in [2.75, 3.05) is 13.1 Å². The van der Waals surface area contributed by atoms with Crippen LogP contribution < -0.4 is 5.73 Å². The van der Waals surface area contributed by atoms with Gasteiger partial charge in [-0.15, -0.1) is 0 Å². The largest absolute Gasteiger partial charge is 0.372 e. The lowest BCUT2D eigenvalue weighted by Crippen LogP contribution is -2.35. The van der Waals surface area contributed by atoms with Crippen molar-refractivity contribution in [3.05, 3.63) is 23.9 Å². The fourth-order valence-electron chi connectivity index (χ4n) is 1.56. The Labute approximate surface area is 81.1 Å². The molecule has 2 heteroatoms. The third kappa shape index (κ3) is 2.59. The Balaban J connectivity index is 2.66. The van der Waals surface area contributed by atoms with Crippen molar-refractivity contribution in [3.8, 4) is 0 Å². The van der Waals surface area contributed by atoms with Crippen LogP contribution in [-0.2, 0) is 0 Å². The van der Waals surface area contributed by atoms with Crippen molar-refractivity contribution in [2.45, 2.75) is 32.7 Å². The van der Waals surface area contributed by atoms with Gasteiger partial charge < -0.3 is 10.6 Å². The quantitative estimate of drug-likeness (QED) is 0.718. The Morgan fingerprint density at radius 3 is 2.46 bits per heavy atom. The molecule has 0 aromatic carbocycles. The highest BCUT2D eigenvalue weighted by Crippen LogP contribution is 2.19. The summed E-state index contributed by atoms with van der Waals surface area (Å²) in [7, 11) is 0. The van der Waals surface area contributed by atoms with E-state index in [9.17, 15) is 0 Å². The summed E-state index contributed by atoms with van der Waals surface area (Å²) in [6, 6.07) is 0. The van der Waals surface area contributed by atoms with E-state index in [1.165, 1.54) is 5.70 Å². The van der Waals surface area contributed by atoms with E-state index in [2.05, 4.69) is 43.9 Å². The van der Waals surface area contributed by atoms with Gasteiger partial charge in [0.1, 0.15) is 0 Å². The third-order valence-corrected chi connectivity index (χ3v) is 2.51. The molecule has 0 radical (unpaired) electrons. The smallest absolute Gasteiger partial charge is 0.0350 e. The molecular formula is C11H20N2. The molecule has 0 aromatic heterocycles. The van der Waals surface area contributed by atoms with E-state index in [4.69, 9.17) is 5.73 Å². The van der Waals surface area contributed by atoms with E-state index in [1.54, 1.807) is 0 Å². The number of likely N-dealkylation sites (N-methyl/N-ethyl adjacent to an activating group) is 1. The molecular weight excluding hydrogens is 160 g/mol. The van der Waals surface area contributed by atoms with Gasteiger partial charge in [-0.05, 0) is 33.3 Å². The standard InChI is InChI=1S/C11H20N2/c1-4-13(5-2)10-6-8-11(3,12)9-7-10/h6-8H,4-5,9,12H2,1-3H3. The van der Waals surface area contributed by atoms with Crippen molar-refractivity contribution in [1.29, 1.82) is 0 Å². The Kier molecular flexibility index (Phi) is 3.15. The topological polar surface area (TPSA) is 29.3 Å². The lowest BCUT2D eigenvalue weighted by atomic mass is 9.93. The lowest BCUT2D eigenvalue weighted by molar-refractivity contribution is 0.386. The van der Waals surface area contributed by atoms with Gasteiger partial charge in [-0.3, -0.25) is 0 Å². The molecule has 0 saturated carbocycles. The van der Waals surface area contributed by atoms with Crippen LogP contribution in [0.3, 0.4) is 0 Å². The molecule has 1 aliphatic rings. The first-order valence-corrected chi connectivity index (χ1v) is 5.02. The molecule has 2 nitrogen and oxygen atoms in total. The van der Waals surface area contributed by atoms with E-state index in [-0.39, 0.29) is 5.54 Å². The fourth-order valence-corrected chi connectivity index (χ4v) is 1.56. The minimum Gasteiger partial charge on any atom is -0.372 e. The number of hydrogen-bond acceptors (Lipinski definition) is 2. The van der Waals surface area contributed by atoms with Crippen molar-refractivity contribution in [2.24, 2.45) is 5.73 Å². The minimum atomic E-state index is -0.142. The van der Waals surface area contributed by atoms with Crippen LogP contribution in [0.25, 0.3) is 0 Å². The predicted octanol–water partition coefficient (Wildman–Crippen LogP) is 1.89. The van der Waals surface area contributed by atoms with Crippen LogP contribution in [0.2, 0.25) is 0 Å². The van der Waals surface area contributed by atoms with Crippen LogP contribution in [0.5, 0.6) is 0 Å². The first kappa shape index (κ1) is 10.3. The van der Waals surface area contributed by atoms with Gasteiger partial charge in [-0.1, -0.05) is 12.2 Å². The molecule has 1 rings (SSSR count). The van der Waals surface area contributed by atoms with Gasteiger partial charge in [0.15, 0.2) is 0 Å². The van der Waals surface area contributed by atoms with Gasteiger partial charge >= 0.3 is 0 Å². The average Bonchev–Trinajstić information content (AvgIpc) is 2.09. The molecule has 0 fully saturated rings. The zero-order chi connectivity index (χ0) is 9.90. The molecule has 2 N–H and O–H groups in total. The van der Waals surface area contributed by atoms with Gasteiger partial charge in [-0.25, -0.2) is 0 Å². The molecule has 74 valence electrons. The van der Waals surface area contributed by atoms with Crippen LogP contribution in [0.1, 0.15) is 27.2 Å². The number of allylic oxidation sites excluding steroid dienone is 1. The van der Waals surface area contributed by atoms with Crippen molar-refractivity contribution in [3.63, 3.8) is 0 Å². The summed E-state index contributed by atoms with van der Waals surface area (Å²) in [5.74, 6) is 0. The molecule has 0 spiro atoms. The predicted molar refractivity (Wildman–Crippen MR) is 57.4 cm³/mol. The molecule has 0 bridgehead atoms. The average molecular weight is 180 g/mol. The Hall–Kier alpha value is -0.760. The zero-order valence-corrected chi connectivity index (χ0v) is 8.88. The zero-order valence-electron chi connectivity index (χ0n) is 8.88. The SMILES string of the molecule is CCN(CC)C1=CCC(C)(N)C=C1. The van der Waals surface area contributed by atoms with Crippen LogP contribution in [0, 0.1) is 0 Å². The number of nitrogens with zero attached hydrogens (tertiary/aromatic N) is 1. The van der Waals surface area contributed by atoms with Gasteiger partial charge in [-0.2, -0.15) is 0 Å². The first-order valence-electron chi connectivity index (χ1n) is 5.02. The van der Waals surface area contributed by atoms with E-state index in [1.807, 2.05) is 0 Å². The second kappa shape index (κ2) is 3.97. The summed E-state index contributed by atoms with van der Waals surface area (Å²) in [5.41, 5.74) is 7.14. The molecule has 13 heavy (non-hydrogen) atoms. The Morgan fingerprint density at radius 1 is 1.46 bits per heavy atom. The summed E-state index contributed by atoms with van der Waals surface area (Å²) >= 11 is 0. The van der Waals surface area contributed by atoms with Crippen LogP contribution >= 0.6 is 0 Å². The van der Waals surface area contributed by atoms with Gasteiger partial charge in [0.25, 0.3) is 0 Å². The summed E-state index contributed by atoms with van der Waals surface area (Å²) in [5, 5.41) is 0. The number of nitrogens with two attached hydrogens (primary N) is 1. The summed E-state index contributed by atoms with van der Waals surface area (Å²) in [6.45, 7) is 8.53. The summed E-state index contributed by atoms with van der Waals surface area (Å²) < 4.78 is 0. The normalized spacial score (nSPS) is 27.2. The maximum atomic E-state index is 5.97. The summed E-state index contributed by atoms with van der Waals surface area (Å²) in [4.78, 5) is 2.34. The minimum absolute atomic E-state index is 0.142. The third-order valence-electron chi connectivity index (χ3n) is 2.51. The number of rotatable bonds is 3. The van der Waals surface area contributed by atoms with E-state index in [0.717, 1.165) is 19.5 Å². The van der Waals surface area contributed by atoms with Crippen LogP contribution in [0.4, 0.5) is 0 Å². The monoisotopic (exact) mass is 180 g/mol. The maximum absolute atomic E-state index is 5.97. The fraction of sp³-hybridized carbons (Fsp3) is 0.636. The van der Waals surface area contributed by atoms with Crippen molar-refractivity contribution >= 4 is 0 Å². The van der Waals surface area contributed by atoms with E-state index in [0.29, 0.717) is 0 Å². The molecule has 0 saturated heterocycles. The van der Waals surface area contributed by atoms with Gasteiger partial charge in [0, 0.05) is 24.3 Å². The Morgan fingerprint density at radius 2 is 2.08 bits per heavy atom. The van der Waals surface area contributed by atoms with Gasteiger partial charge in [0.2, 0.25) is 0 Å². The van der Waals surface area contributed by atoms with Crippen molar-refractivity contribution in [1.82, 2.24) is 4.90 Å². The first-order chi connectivity index (χ1) is 6.09. The molecule has 0 heterocycles. The highest BCUT2D eigenvalue weighted by Gasteiger charge is 2.17. The van der Waals surface area contributed by atoms with Crippen LogP contribution in [0.15, 0.2) is 23.9 Å². The lowest BCUT2D eigenvalue weighted by Gasteiger charge is -2.28. The van der Waals surface area contributed by atoms with E-state index >= 15 is 0 Å². The molecule has 0 aliphatic heterocycles. The summed E-state index contributed by atoms with van der Waals surface area (Å²) in [6.07, 6.45) is 7.40. The molecule has 1 atom stereocenters. The van der Waals surface area contributed by atoms with Gasteiger partial charge in [0.05, 0.1) is 0 Å². The second-order valence-corrected chi connectivity index (χ2v) is 3.84. The van der Waals surface area contributed by atoms with Crippen molar-refractivity contribution < 1.29 is 0 Å². The second-order valence-electron chi connectivity index (χ2n) is 3.84. The molecule has 1 unspecified atom stereocenters. The maximum Gasteiger partial charge on any atom is 0.0350 e. The molecule has 0 amide bonds. The van der Waals surface area contributed by atoms with E-state index < -0.39 is 0 Å². The van der Waals surface area contributed by atoms with Crippen LogP contribution in [-0.4, -0.2) is 23.5 Å². The number of hydrogen-bond donors (Lipinski definition) is 1. The Bertz CT molecular complexity index is 222.